The third-order valence-electron chi connectivity index (χ3n) is 2.89. The van der Waals surface area contributed by atoms with Crippen LogP contribution in [-0.4, -0.2) is 24.4 Å². The highest BCUT2D eigenvalue weighted by atomic mass is 35.5. The van der Waals surface area contributed by atoms with E-state index < -0.39 is 9.84 Å². The van der Waals surface area contributed by atoms with Crippen molar-refractivity contribution in [2.75, 3.05) is 5.75 Å². The van der Waals surface area contributed by atoms with Gasteiger partial charge in [-0.1, -0.05) is 29.8 Å². The lowest BCUT2D eigenvalue weighted by Crippen LogP contribution is -2.09. The van der Waals surface area contributed by atoms with E-state index in [4.69, 9.17) is 11.6 Å². The zero-order valence-electron chi connectivity index (χ0n) is 10.5. The largest absolute Gasteiger partial charge is 0.504 e. The van der Waals surface area contributed by atoms with Crippen LogP contribution in [0.2, 0.25) is 5.02 Å². The fourth-order valence-electron chi connectivity index (χ4n) is 1.78. The summed E-state index contributed by atoms with van der Waals surface area (Å²) in [4.78, 5) is 0.249. The number of benzene rings is 2. The van der Waals surface area contributed by atoms with E-state index in [1.54, 1.807) is 18.2 Å². The Morgan fingerprint density at radius 1 is 1.00 bits per heavy atom. The number of phenolic OH excluding ortho intramolecular Hbond substituents is 2. The van der Waals surface area contributed by atoms with E-state index in [9.17, 15) is 18.6 Å². The van der Waals surface area contributed by atoms with E-state index in [0.29, 0.717) is 5.56 Å². The molecule has 0 radical (unpaired) electrons. The summed E-state index contributed by atoms with van der Waals surface area (Å²) in [6, 6.07) is 10.6. The van der Waals surface area contributed by atoms with Crippen molar-refractivity contribution in [3.63, 3.8) is 0 Å². The van der Waals surface area contributed by atoms with Crippen LogP contribution in [0.15, 0.2) is 47.4 Å². The second-order valence-electron chi connectivity index (χ2n) is 4.31. The van der Waals surface area contributed by atoms with Gasteiger partial charge in [-0.3, -0.25) is 0 Å². The third-order valence-corrected chi connectivity index (χ3v) is 4.97. The summed E-state index contributed by atoms with van der Waals surface area (Å²) >= 11 is 5.91. The zero-order valence-corrected chi connectivity index (χ0v) is 12.0. The maximum Gasteiger partial charge on any atom is 0.178 e. The Hall–Kier alpha value is -1.72. The molecule has 0 amide bonds. The molecule has 0 saturated heterocycles. The van der Waals surface area contributed by atoms with E-state index in [1.807, 2.05) is 0 Å². The van der Waals surface area contributed by atoms with Crippen LogP contribution in [0.25, 0.3) is 0 Å². The van der Waals surface area contributed by atoms with E-state index in [1.165, 1.54) is 24.3 Å². The number of aryl methyl sites for hydroxylation is 1. The van der Waals surface area contributed by atoms with Crippen LogP contribution in [0.1, 0.15) is 5.56 Å². The van der Waals surface area contributed by atoms with E-state index >= 15 is 0 Å². The molecule has 20 heavy (non-hydrogen) atoms. The monoisotopic (exact) mass is 312 g/mol. The number of rotatable bonds is 4. The van der Waals surface area contributed by atoms with E-state index in [2.05, 4.69) is 0 Å². The molecule has 0 saturated carbocycles. The highest BCUT2D eigenvalue weighted by Gasteiger charge is 2.15. The number of hydrogen-bond acceptors (Lipinski definition) is 4. The topological polar surface area (TPSA) is 74.6 Å². The van der Waals surface area contributed by atoms with Crippen molar-refractivity contribution < 1.29 is 18.6 Å². The summed E-state index contributed by atoms with van der Waals surface area (Å²) in [6.45, 7) is 0. The zero-order chi connectivity index (χ0) is 14.8. The minimum Gasteiger partial charge on any atom is -0.504 e. The maximum absolute atomic E-state index is 12.1. The Morgan fingerprint density at radius 3 is 2.25 bits per heavy atom. The molecule has 2 rings (SSSR count). The maximum atomic E-state index is 12.1. The second-order valence-corrected chi connectivity index (χ2v) is 6.83. The highest BCUT2D eigenvalue weighted by molar-refractivity contribution is 7.91. The first-order valence-corrected chi connectivity index (χ1v) is 7.91. The average Bonchev–Trinajstić information content (AvgIpc) is 2.42. The lowest BCUT2D eigenvalue weighted by atomic mass is 10.1. The quantitative estimate of drug-likeness (QED) is 0.851. The van der Waals surface area contributed by atoms with Gasteiger partial charge in [0.25, 0.3) is 0 Å². The molecular weight excluding hydrogens is 300 g/mol. The predicted molar refractivity (Wildman–Crippen MR) is 77.0 cm³/mol. The number of halogens is 1. The average molecular weight is 313 g/mol. The van der Waals surface area contributed by atoms with Crippen LogP contribution in [-0.2, 0) is 16.3 Å². The molecule has 0 unspecified atom stereocenters. The smallest absolute Gasteiger partial charge is 0.178 e. The van der Waals surface area contributed by atoms with Crippen molar-refractivity contribution in [3.8, 4) is 11.5 Å². The summed E-state index contributed by atoms with van der Waals surface area (Å²) in [6.07, 6.45) is 0.157. The van der Waals surface area contributed by atoms with Gasteiger partial charge >= 0.3 is 0 Å². The molecule has 0 atom stereocenters. The van der Waals surface area contributed by atoms with E-state index in [-0.39, 0.29) is 33.6 Å². The standard InChI is InChI=1S/C14H13ClO4S/c15-12-9-14(17)13(16)8-10(12)6-7-20(18,19)11-4-2-1-3-5-11/h1-5,8-9,16-17H,6-7H2. The third kappa shape index (κ3) is 3.23. The van der Waals surface area contributed by atoms with Crippen molar-refractivity contribution in [1.29, 1.82) is 0 Å². The lowest BCUT2D eigenvalue weighted by molar-refractivity contribution is 0.403. The molecule has 0 aliphatic carbocycles. The molecule has 6 heteroatoms. The highest BCUT2D eigenvalue weighted by Crippen LogP contribution is 2.31. The van der Waals surface area contributed by atoms with Gasteiger partial charge in [-0.15, -0.1) is 0 Å². The summed E-state index contributed by atoms with van der Waals surface area (Å²) in [7, 11) is -3.40. The van der Waals surface area contributed by atoms with Crippen molar-refractivity contribution in [2.24, 2.45) is 0 Å². The van der Waals surface area contributed by atoms with Crippen LogP contribution in [0, 0.1) is 0 Å². The van der Waals surface area contributed by atoms with Gasteiger partial charge in [0.2, 0.25) is 0 Å². The molecule has 106 valence electrons. The summed E-state index contributed by atoms with van der Waals surface area (Å²) in [5.74, 6) is -0.771. The fourth-order valence-corrected chi connectivity index (χ4v) is 3.32. The van der Waals surface area contributed by atoms with Gasteiger partial charge < -0.3 is 10.2 Å². The molecule has 2 aromatic rings. The molecule has 2 N–H and O–H groups in total. The van der Waals surface area contributed by atoms with Crippen LogP contribution in [0.5, 0.6) is 11.5 Å². The van der Waals surface area contributed by atoms with Gasteiger partial charge in [0, 0.05) is 11.1 Å². The lowest BCUT2D eigenvalue weighted by Gasteiger charge is -2.08. The van der Waals surface area contributed by atoms with Gasteiger partial charge in [-0.05, 0) is 30.2 Å². The molecule has 0 bridgehead atoms. The normalized spacial score (nSPS) is 11.4. The molecule has 2 aromatic carbocycles. The van der Waals surface area contributed by atoms with Gasteiger partial charge in [0.1, 0.15) is 0 Å². The molecule has 0 spiro atoms. The minimum atomic E-state index is -3.40. The van der Waals surface area contributed by atoms with Crippen LogP contribution < -0.4 is 0 Å². The first-order chi connectivity index (χ1) is 9.40. The number of phenols is 2. The SMILES string of the molecule is O=S(=O)(CCc1cc(O)c(O)cc1Cl)c1ccccc1. The second kappa shape index (κ2) is 5.73. The van der Waals surface area contributed by atoms with Crippen molar-refractivity contribution in [3.05, 3.63) is 53.1 Å². The van der Waals surface area contributed by atoms with Crippen LogP contribution >= 0.6 is 11.6 Å². The molecule has 0 aliphatic heterocycles. The Labute approximate surface area is 122 Å². The van der Waals surface area contributed by atoms with Crippen LogP contribution in [0.3, 0.4) is 0 Å². The minimum absolute atomic E-state index is 0.124. The Bertz CT molecular complexity index is 711. The van der Waals surface area contributed by atoms with Gasteiger partial charge in [0.05, 0.1) is 10.6 Å². The molecule has 4 nitrogen and oxygen atoms in total. The van der Waals surface area contributed by atoms with Crippen molar-refractivity contribution in [1.82, 2.24) is 0 Å². The first-order valence-electron chi connectivity index (χ1n) is 5.88. The summed E-state index contributed by atoms with van der Waals surface area (Å²) in [5.41, 5.74) is 0.474. The van der Waals surface area contributed by atoms with Gasteiger partial charge in [-0.2, -0.15) is 0 Å². The van der Waals surface area contributed by atoms with Gasteiger partial charge in [-0.25, -0.2) is 8.42 Å². The predicted octanol–water partition coefficient (Wildman–Crippen LogP) is 2.77. The molecule has 0 aliphatic rings. The molecular formula is C14H13ClO4S. The Kier molecular flexibility index (Phi) is 4.20. The Morgan fingerprint density at radius 2 is 1.60 bits per heavy atom. The Balaban J connectivity index is 2.19. The first kappa shape index (κ1) is 14.7. The number of hydrogen-bond donors (Lipinski definition) is 2. The van der Waals surface area contributed by atoms with Crippen molar-refractivity contribution in [2.45, 2.75) is 11.3 Å². The van der Waals surface area contributed by atoms with Crippen LogP contribution in [0.4, 0.5) is 0 Å². The summed E-state index contributed by atoms with van der Waals surface area (Å²) < 4.78 is 24.2. The molecule has 0 heterocycles. The fraction of sp³-hybridized carbons (Fsp3) is 0.143. The molecule has 0 fully saturated rings. The summed E-state index contributed by atoms with van der Waals surface area (Å²) in [5, 5.41) is 18.9. The van der Waals surface area contributed by atoms with E-state index in [0.717, 1.165) is 0 Å². The number of sulfone groups is 1. The van der Waals surface area contributed by atoms with Gasteiger partial charge in [0.15, 0.2) is 21.3 Å². The molecule has 0 aromatic heterocycles. The number of aromatic hydroxyl groups is 2. The van der Waals surface area contributed by atoms with Crippen molar-refractivity contribution >= 4 is 21.4 Å².